The number of aryl methyl sites for hydroxylation is 1. The number of rotatable bonds is 7. The lowest BCUT2D eigenvalue weighted by Gasteiger charge is -2.11. The number of pyridine rings is 1. The van der Waals surface area contributed by atoms with E-state index in [2.05, 4.69) is 15.0 Å². The maximum absolute atomic E-state index is 11.1. The summed E-state index contributed by atoms with van der Waals surface area (Å²) >= 11 is 13.6. The molecular formula is C18H15Cl2N3O4S2. The minimum atomic E-state index is -4.12. The number of thioether (sulfide) groups is 1. The molecule has 0 aliphatic carbocycles. The van der Waals surface area contributed by atoms with E-state index in [1.54, 1.807) is 30.3 Å². The van der Waals surface area contributed by atoms with Crippen LogP contribution >= 0.6 is 35.0 Å². The van der Waals surface area contributed by atoms with E-state index in [4.69, 9.17) is 32.5 Å². The van der Waals surface area contributed by atoms with Crippen molar-refractivity contribution in [1.29, 1.82) is 0 Å². The van der Waals surface area contributed by atoms with E-state index in [9.17, 15) is 8.42 Å². The topological polar surface area (TPSA) is 102 Å². The van der Waals surface area contributed by atoms with Gasteiger partial charge in [-0.1, -0.05) is 35.0 Å². The molecule has 3 aromatic rings. The SMILES string of the molecule is CSc1ncc(Oc2cc(CCS(=O)(=O)O)cc(-c3cc(Cl)cc(Cl)c3)n2)cn1. The third kappa shape index (κ3) is 6.55. The van der Waals surface area contributed by atoms with Crippen LogP contribution in [0.1, 0.15) is 5.56 Å². The molecule has 0 fully saturated rings. The molecule has 0 aliphatic heterocycles. The van der Waals surface area contributed by atoms with E-state index < -0.39 is 15.9 Å². The predicted octanol–water partition coefficient (Wildman–Crippen LogP) is 4.79. The summed E-state index contributed by atoms with van der Waals surface area (Å²) in [7, 11) is -4.12. The van der Waals surface area contributed by atoms with Crippen molar-refractivity contribution in [2.75, 3.05) is 12.0 Å². The summed E-state index contributed by atoms with van der Waals surface area (Å²) in [6.45, 7) is 0. The molecule has 29 heavy (non-hydrogen) atoms. The molecule has 7 nitrogen and oxygen atoms in total. The fourth-order valence-electron chi connectivity index (χ4n) is 2.44. The third-order valence-electron chi connectivity index (χ3n) is 3.68. The molecule has 0 saturated heterocycles. The van der Waals surface area contributed by atoms with Crippen LogP contribution in [0.4, 0.5) is 0 Å². The van der Waals surface area contributed by atoms with Crippen molar-refractivity contribution in [3.05, 3.63) is 58.3 Å². The standard InChI is InChI=1S/C18H15Cl2N3O4S2/c1-28-18-21-9-15(10-22-18)27-17-5-11(2-3-29(24,25)26)4-16(23-17)12-6-13(19)8-14(20)7-12/h4-10H,2-3H2,1H3,(H,24,25,26). The molecule has 0 bridgehead atoms. The Morgan fingerprint density at radius 1 is 1.07 bits per heavy atom. The number of hydrogen-bond acceptors (Lipinski definition) is 7. The van der Waals surface area contributed by atoms with E-state index in [-0.39, 0.29) is 12.3 Å². The molecule has 0 amide bonds. The molecule has 0 saturated carbocycles. The average Bonchev–Trinajstić information content (AvgIpc) is 2.65. The Morgan fingerprint density at radius 3 is 2.31 bits per heavy atom. The van der Waals surface area contributed by atoms with Crippen molar-refractivity contribution in [2.24, 2.45) is 0 Å². The molecular weight excluding hydrogens is 457 g/mol. The van der Waals surface area contributed by atoms with Crippen LogP contribution in [0.3, 0.4) is 0 Å². The first-order chi connectivity index (χ1) is 13.7. The van der Waals surface area contributed by atoms with Crippen molar-refractivity contribution in [1.82, 2.24) is 15.0 Å². The van der Waals surface area contributed by atoms with Gasteiger partial charge >= 0.3 is 0 Å². The van der Waals surface area contributed by atoms with E-state index in [1.165, 1.54) is 24.2 Å². The fraction of sp³-hybridized carbons (Fsp3) is 0.167. The Kier molecular flexibility index (Phi) is 6.97. The molecule has 152 valence electrons. The van der Waals surface area contributed by atoms with Crippen molar-refractivity contribution in [2.45, 2.75) is 11.6 Å². The monoisotopic (exact) mass is 471 g/mol. The first-order valence-corrected chi connectivity index (χ1v) is 11.8. The van der Waals surface area contributed by atoms with Crippen molar-refractivity contribution >= 4 is 45.1 Å². The second-order valence-electron chi connectivity index (χ2n) is 5.90. The summed E-state index contributed by atoms with van der Waals surface area (Å²) in [6.07, 6.45) is 4.96. The van der Waals surface area contributed by atoms with Crippen LogP contribution in [-0.2, 0) is 16.5 Å². The van der Waals surface area contributed by atoms with Gasteiger partial charge in [0.2, 0.25) is 5.88 Å². The number of halogens is 2. The number of ether oxygens (including phenoxy) is 1. The minimum Gasteiger partial charge on any atom is -0.436 e. The van der Waals surface area contributed by atoms with Crippen LogP contribution < -0.4 is 4.74 Å². The smallest absolute Gasteiger partial charge is 0.265 e. The predicted molar refractivity (Wildman–Crippen MR) is 114 cm³/mol. The van der Waals surface area contributed by atoms with Crippen molar-refractivity contribution in [3.63, 3.8) is 0 Å². The van der Waals surface area contributed by atoms with E-state index in [0.717, 1.165) is 0 Å². The maximum Gasteiger partial charge on any atom is 0.265 e. The molecule has 0 radical (unpaired) electrons. The highest BCUT2D eigenvalue weighted by atomic mass is 35.5. The van der Waals surface area contributed by atoms with E-state index in [0.29, 0.717) is 37.8 Å². The van der Waals surface area contributed by atoms with Gasteiger partial charge in [0, 0.05) is 21.7 Å². The molecule has 2 heterocycles. The quantitative estimate of drug-likeness (QED) is 0.298. The van der Waals surface area contributed by atoms with Gasteiger partial charge in [0.05, 0.1) is 23.8 Å². The number of aromatic nitrogens is 3. The van der Waals surface area contributed by atoms with Crippen molar-refractivity contribution < 1.29 is 17.7 Å². The molecule has 11 heteroatoms. The van der Waals surface area contributed by atoms with Crippen LogP contribution in [0, 0.1) is 0 Å². The van der Waals surface area contributed by atoms with Crippen LogP contribution in [0.15, 0.2) is 47.9 Å². The van der Waals surface area contributed by atoms with Crippen LogP contribution in [0.25, 0.3) is 11.3 Å². The summed E-state index contributed by atoms with van der Waals surface area (Å²) in [4.78, 5) is 12.7. The molecule has 3 rings (SSSR count). The summed E-state index contributed by atoms with van der Waals surface area (Å²) in [5.74, 6) is 0.152. The lowest BCUT2D eigenvalue weighted by molar-refractivity contribution is 0.456. The van der Waals surface area contributed by atoms with Gasteiger partial charge in [0.15, 0.2) is 10.9 Å². The normalized spacial score (nSPS) is 11.4. The van der Waals surface area contributed by atoms with E-state index in [1.807, 2.05) is 6.26 Å². The zero-order valence-electron chi connectivity index (χ0n) is 15.0. The molecule has 1 N–H and O–H groups in total. The lowest BCUT2D eigenvalue weighted by atomic mass is 10.1. The van der Waals surface area contributed by atoms with Gasteiger partial charge in [0.25, 0.3) is 10.1 Å². The second kappa shape index (κ2) is 9.27. The molecule has 0 unspecified atom stereocenters. The Bertz CT molecular complexity index is 1110. The summed E-state index contributed by atoms with van der Waals surface area (Å²) in [6, 6.07) is 8.23. The highest BCUT2D eigenvalue weighted by molar-refractivity contribution is 7.98. The molecule has 0 aliphatic rings. The third-order valence-corrected chi connectivity index (χ3v) is 5.41. The minimum absolute atomic E-state index is 0.0704. The van der Waals surface area contributed by atoms with Gasteiger partial charge in [-0.2, -0.15) is 8.42 Å². The largest absolute Gasteiger partial charge is 0.436 e. The highest BCUT2D eigenvalue weighted by Crippen LogP contribution is 2.30. The van der Waals surface area contributed by atoms with Crippen LogP contribution in [0.5, 0.6) is 11.6 Å². The zero-order valence-corrected chi connectivity index (χ0v) is 18.2. The van der Waals surface area contributed by atoms with Crippen molar-refractivity contribution in [3.8, 4) is 22.9 Å². The first-order valence-electron chi connectivity index (χ1n) is 8.18. The number of benzene rings is 1. The maximum atomic E-state index is 11.1. The summed E-state index contributed by atoms with van der Waals surface area (Å²) in [5.41, 5.74) is 1.72. The lowest BCUT2D eigenvalue weighted by Crippen LogP contribution is -2.07. The van der Waals surface area contributed by atoms with Gasteiger partial charge in [-0.3, -0.25) is 4.55 Å². The molecule has 0 atom stereocenters. The molecule has 1 aromatic carbocycles. The fourth-order valence-corrected chi connectivity index (χ4v) is 3.77. The van der Waals surface area contributed by atoms with Gasteiger partial charge in [-0.25, -0.2) is 15.0 Å². The number of nitrogens with zero attached hydrogens (tertiary/aromatic N) is 3. The van der Waals surface area contributed by atoms with Gasteiger partial charge < -0.3 is 4.74 Å². The molecule has 2 aromatic heterocycles. The first kappa shape index (κ1) is 21.8. The van der Waals surface area contributed by atoms with Crippen LogP contribution in [0.2, 0.25) is 10.0 Å². The van der Waals surface area contributed by atoms with Gasteiger partial charge in [-0.15, -0.1) is 0 Å². The summed E-state index contributed by atoms with van der Waals surface area (Å²) in [5, 5.41) is 1.46. The Hall–Kier alpha value is -1.91. The molecule has 0 spiro atoms. The highest BCUT2D eigenvalue weighted by Gasteiger charge is 2.12. The Labute approximate surface area is 182 Å². The van der Waals surface area contributed by atoms with Gasteiger partial charge in [0.1, 0.15) is 0 Å². The zero-order chi connectivity index (χ0) is 21.0. The Morgan fingerprint density at radius 2 is 1.72 bits per heavy atom. The number of hydrogen-bond donors (Lipinski definition) is 1. The average molecular weight is 472 g/mol. The van der Waals surface area contributed by atoms with Crippen LogP contribution in [-0.4, -0.2) is 39.9 Å². The van der Waals surface area contributed by atoms with Gasteiger partial charge in [-0.05, 0) is 42.5 Å². The second-order valence-corrected chi connectivity index (χ2v) is 9.12. The summed E-state index contributed by atoms with van der Waals surface area (Å²) < 4.78 is 37.1. The van der Waals surface area contributed by atoms with E-state index >= 15 is 0 Å². The Balaban J connectivity index is 1.99.